The van der Waals surface area contributed by atoms with Gasteiger partial charge >= 0.3 is 0 Å². The van der Waals surface area contributed by atoms with Crippen molar-refractivity contribution in [2.45, 2.75) is 39.0 Å². The predicted molar refractivity (Wildman–Crippen MR) is 77.3 cm³/mol. The van der Waals surface area contributed by atoms with Crippen molar-refractivity contribution in [3.05, 3.63) is 24.0 Å². The van der Waals surface area contributed by atoms with Crippen molar-refractivity contribution in [1.29, 1.82) is 0 Å². The summed E-state index contributed by atoms with van der Waals surface area (Å²) in [4.78, 5) is 16.3. The van der Waals surface area contributed by atoms with Crippen LogP contribution in [-0.2, 0) is 0 Å². The van der Waals surface area contributed by atoms with E-state index in [2.05, 4.69) is 22.5 Å². The van der Waals surface area contributed by atoms with Crippen LogP contribution in [0.3, 0.4) is 0 Å². The summed E-state index contributed by atoms with van der Waals surface area (Å²) in [6.07, 6.45) is 7.83. The van der Waals surface area contributed by atoms with Crippen molar-refractivity contribution in [2.75, 3.05) is 18.9 Å². The molecule has 0 bridgehead atoms. The summed E-state index contributed by atoms with van der Waals surface area (Å²) >= 11 is 0. The van der Waals surface area contributed by atoms with Crippen molar-refractivity contribution >= 4 is 11.6 Å². The van der Waals surface area contributed by atoms with E-state index in [0.717, 1.165) is 18.7 Å². The van der Waals surface area contributed by atoms with Gasteiger partial charge in [0.15, 0.2) is 0 Å². The maximum atomic E-state index is 12.1. The molecule has 0 aromatic carbocycles. The molecule has 104 valence electrons. The molecule has 0 saturated heterocycles. The Hall–Kier alpha value is -1.58. The first-order valence-electron chi connectivity index (χ1n) is 7.11. The van der Waals surface area contributed by atoms with Crippen molar-refractivity contribution in [2.24, 2.45) is 5.41 Å². The molecule has 1 saturated carbocycles. The zero-order chi connectivity index (χ0) is 13.7. The van der Waals surface area contributed by atoms with Gasteiger partial charge in [-0.05, 0) is 36.8 Å². The van der Waals surface area contributed by atoms with Gasteiger partial charge in [0.2, 0.25) is 0 Å². The SMILES string of the molecule is CCC1(CNC(=O)c2cc(NC)ccn2)CCCC1. The van der Waals surface area contributed by atoms with Crippen LogP contribution in [0.15, 0.2) is 18.3 Å². The summed E-state index contributed by atoms with van der Waals surface area (Å²) in [6, 6.07) is 3.63. The number of amides is 1. The molecule has 1 aromatic heterocycles. The van der Waals surface area contributed by atoms with Crippen LogP contribution in [0.2, 0.25) is 0 Å². The Kier molecular flexibility index (Phi) is 4.40. The summed E-state index contributed by atoms with van der Waals surface area (Å²) in [5.74, 6) is -0.0724. The lowest BCUT2D eigenvalue weighted by atomic mass is 9.83. The van der Waals surface area contributed by atoms with Gasteiger partial charge in [0.1, 0.15) is 5.69 Å². The summed E-state index contributed by atoms with van der Waals surface area (Å²) < 4.78 is 0. The molecule has 2 N–H and O–H groups in total. The van der Waals surface area contributed by atoms with Crippen LogP contribution in [0.1, 0.15) is 49.5 Å². The number of rotatable bonds is 5. The van der Waals surface area contributed by atoms with Gasteiger partial charge in [-0.3, -0.25) is 9.78 Å². The topological polar surface area (TPSA) is 54.0 Å². The molecule has 1 aliphatic carbocycles. The Balaban J connectivity index is 1.97. The smallest absolute Gasteiger partial charge is 0.269 e. The van der Waals surface area contributed by atoms with Crippen LogP contribution in [0.5, 0.6) is 0 Å². The molecule has 19 heavy (non-hydrogen) atoms. The Morgan fingerprint density at radius 2 is 2.16 bits per heavy atom. The van der Waals surface area contributed by atoms with E-state index in [1.54, 1.807) is 12.3 Å². The Morgan fingerprint density at radius 1 is 1.42 bits per heavy atom. The third-order valence-electron chi connectivity index (χ3n) is 4.32. The van der Waals surface area contributed by atoms with E-state index >= 15 is 0 Å². The number of carbonyl (C=O) groups excluding carboxylic acids is 1. The van der Waals surface area contributed by atoms with Crippen molar-refractivity contribution in [3.8, 4) is 0 Å². The minimum Gasteiger partial charge on any atom is -0.388 e. The molecule has 0 aliphatic heterocycles. The summed E-state index contributed by atoms with van der Waals surface area (Å²) in [5.41, 5.74) is 1.71. The molecule has 4 heteroatoms. The second-order valence-electron chi connectivity index (χ2n) is 5.42. The molecule has 1 fully saturated rings. The molecule has 1 aliphatic rings. The van der Waals surface area contributed by atoms with E-state index in [1.807, 2.05) is 13.1 Å². The largest absolute Gasteiger partial charge is 0.388 e. The lowest BCUT2D eigenvalue weighted by molar-refractivity contribution is 0.0924. The summed E-state index contributed by atoms with van der Waals surface area (Å²) in [7, 11) is 1.83. The molecule has 1 heterocycles. The second-order valence-corrected chi connectivity index (χ2v) is 5.42. The molecule has 2 rings (SSSR count). The van der Waals surface area contributed by atoms with Gasteiger partial charge in [0, 0.05) is 25.5 Å². The number of nitrogens with zero attached hydrogens (tertiary/aromatic N) is 1. The molecule has 1 amide bonds. The van der Waals surface area contributed by atoms with Gasteiger partial charge in [0.05, 0.1) is 0 Å². The average Bonchev–Trinajstić information content (AvgIpc) is 2.94. The molecule has 0 spiro atoms. The molecule has 1 aromatic rings. The highest BCUT2D eigenvalue weighted by molar-refractivity contribution is 5.93. The first kappa shape index (κ1) is 13.8. The van der Waals surface area contributed by atoms with Gasteiger partial charge in [-0.15, -0.1) is 0 Å². The molecular formula is C15H23N3O. The predicted octanol–water partition coefficient (Wildman–Crippen LogP) is 2.82. The number of nitrogens with one attached hydrogen (secondary N) is 2. The van der Waals surface area contributed by atoms with Gasteiger partial charge in [0.25, 0.3) is 5.91 Å². The minimum absolute atomic E-state index is 0.0724. The van der Waals surface area contributed by atoms with E-state index in [0.29, 0.717) is 11.1 Å². The standard InChI is InChI=1S/C15H23N3O/c1-3-15(7-4-5-8-15)11-18-14(19)13-10-12(16-2)6-9-17-13/h6,9-10H,3-5,7-8,11H2,1-2H3,(H,16,17)(H,18,19). The minimum atomic E-state index is -0.0724. The van der Waals surface area contributed by atoms with E-state index in [4.69, 9.17) is 0 Å². The van der Waals surface area contributed by atoms with E-state index in [-0.39, 0.29) is 5.91 Å². The van der Waals surface area contributed by atoms with E-state index in [1.165, 1.54) is 25.7 Å². The third kappa shape index (κ3) is 3.25. The Bertz CT molecular complexity index is 439. The van der Waals surface area contributed by atoms with Gasteiger partial charge in [-0.25, -0.2) is 0 Å². The fourth-order valence-corrected chi connectivity index (χ4v) is 2.85. The van der Waals surface area contributed by atoms with Crippen molar-refractivity contribution in [3.63, 3.8) is 0 Å². The zero-order valence-corrected chi connectivity index (χ0v) is 11.8. The first-order chi connectivity index (χ1) is 9.19. The Morgan fingerprint density at radius 3 is 2.79 bits per heavy atom. The highest BCUT2D eigenvalue weighted by Crippen LogP contribution is 2.40. The van der Waals surface area contributed by atoms with Gasteiger partial charge in [-0.2, -0.15) is 0 Å². The van der Waals surface area contributed by atoms with Crippen LogP contribution < -0.4 is 10.6 Å². The lowest BCUT2D eigenvalue weighted by Gasteiger charge is -2.27. The van der Waals surface area contributed by atoms with Crippen molar-refractivity contribution < 1.29 is 4.79 Å². The van der Waals surface area contributed by atoms with Crippen LogP contribution in [0, 0.1) is 5.41 Å². The average molecular weight is 261 g/mol. The maximum Gasteiger partial charge on any atom is 0.269 e. The summed E-state index contributed by atoms with van der Waals surface area (Å²) in [5, 5.41) is 6.07. The van der Waals surface area contributed by atoms with Gasteiger partial charge in [-0.1, -0.05) is 19.8 Å². The summed E-state index contributed by atoms with van der Waals surface area (Å²) in [6.45, 7) is 2.99. The van der Waals surface area contributed by atoms with Crippen LogP contribution in [0.4, 0.5) is 5.69 Å². The van der Waals surface area contributed by atoms with Crippen LogP contribution in [-0.4, -0.2) is 24.5 Å². The highest BCUT2D eigenvalue weighted by atomic mass is 16.1. The molecule has 0 unspecified atom stereocenters. The maximum absolute atomic E-state index is 12.1. The first-order valence-corrected chi connectivity index (χ1v) is 7.11. The number of carbonyl (C=O) groups is 1. The fourth-order valence-electron chi connectivity index (χ4n) is 2.85. The molecular weight excluding hydrogens is 238 g/mol. The third-order valence-corrected chi connectivity index (χ3v) is 4.32. The second kappa shape index (κ2) is 6.04. The number of aromatic nitrogens is 1. The number of pyridine rings is 1. The fraction of sp³-hybridized carbons (Fsp3) is 0.600. The Labute approximate surface area is 115 Å². The van der Waals surface area contributed by atoms with Crippen LogP contribution >= 0.6 is 0 Å². The monoisotopic (exact) mass is 261 g/mol. The van der Waals surface area contributed by atoms with Crippen molar-refractivity contribution in [1.82, 2.24) is 10.3 Å². The number of hydrogen-bond donors (Lipinski definition) is 2. The zero-order valence-electron chi connectivity index (χ0n) is 11.8. The molecule has 4 nitrogen and oxygen atoms in total. The van der Waals surface area contributed by atoms with Gasteiger partial charge < -0.3 is 10.6 Å². The quantitative estimate of drug-likeness (QED) is 0.857. The highest BCUT2D eigenvalue weighted by Gasteiger charge is 2.32. The number of hydrogen-bond acceptors (Lipinski definition) is 3. The normalized spacial score (nSPS) is 17.2. The molecule has 0 radical (unpaired) electrons. The van der Waals surface area contributed by atoms with E-state index < -0.39 is 0 Å². The van der Waals surface area contributed by atoms with E-state index in [9.17, 15) is 4.79 Å². The number of anilines is 1. The molecule has 0 atom stereocenters. The lowest BCUT2D eigenvalue weighted by Crippen LogP contribution is -2.36. The van der Waals surface area contributed by atoms with Crippen LogP contribution in [0.25, 0.3) is 0 Å².